The molecule has 0 aliphatic heterocycles. The molecule has 0 amide bonds. The van der Waals surface area contributed by atoms with Gasteiger partial charge in [0.2, 0.25) is 0 Å². The molecule has 0 aliphatic carbocycles. The summed E-state index contributed by atoms with van der Waals surface area (Å²) in [7, 11) is 1.93. The number of rotatable bonds is 4. The molecule has 2 N–H and O–H groups in total. The zero-order valence-electron chi connectivity index (χ0n) is 11.0. The van der Waals surface area contributed by atoms with E-state index in [9.17, 15) is 0 Å². The van der Waals surface area contributed by atoms with Crippen molar-refractivity contribution < 1.29 is 0 Å². The summed E-state index contributed by atoms with van der Waals surface area (Å²) in [6.07, 6.45) is 0.848. The van der Waals surface area contributed by atoms with Gasteiger partial charge in [-0.25, -0.2) is 4.98 Å². The fraction of sp³-hybridized carbons (Fsp3) is 0.357. The molecule has 1 aromatic carbocycles. The van der Waals surface area contributed by atoms with Crippen LogP contribution in [-0.4, -0.2) is 23.6 Å². The summed E-state index contributed by atoms with van der Waals surface area (Å²) in [6.45, 7) is 5.08. The van der Waals surface area contributed by atoms with Gasteiger partial charge < -0.3 is 10.3 Å². The standard InChI is InChI=1S/C14H18ClN3/c1-9-4-5-11(8-10(9)2)13-14(15)18-12(17-13)6-7-16-3/h4-5,8,16H,6-7H2,1-3H3,(H,17,18). The molecule has 1 aromatic heterocycles. The second-order valence-electron chi connectivity index (χ2n) is 4.50. The number of benzene rings is 1. The van der Waals surface area contributed by atoms with Crippen LogP contribution in [0.15, 0.2) is 18.2 Å². The number of aromatic amines is 1. The zero-order chi connectivity index (χ0) is 13.1. The molecule has 0 fully saturated rings. The van der Waals surface area contributed by atoms with Crippen LogP contribution < -0.4 is 5.32 Å². The van der Waals surface area contributed by atoms with Gasteiger partial charge in [-0.15, -0.1) is 0 Å². The third-order valence-corrected chi connectivity index (χ3v) is 3.37. The van der Waals surface area contributed by atoms with Crippen molar-refractivity contribution in [2.24, 2.45) is 0 Å². The summed E-state index contributed by atoms with van der Waals surface area (Å²) in [5.74, 6) is 0.919. The average Bonchev–Trinajstić information content (AvgIpc) is 2.71. The van der Waals surface area contributed by atoms with Crippen molar-refractivity contribution in [3.63, 3.8) is 0 Å². The molecule has 0 bridgehead atoms. The number of likely N-dealkylation sites (N-methyl/N-ethyl adjacent to an activating group) is 1. The Morgan fingerprint density at radius 3 is 2.72 bits per heavy atom. The minimum atomic E-state index is 0.615. The zero-order valence-corrected chi connectivity index (χ0v) is 11.7. The Balaban J connectivity index is 2.32. The van der Waals surface area contributed by atoms with Crippen LogP contribution in [0, 0.1) is 13.8 Å². The Hall–Kier alpha value is -1.32. The smallest absolute Gasteiger partial charge is 0.134 e. The van der Waals surface area contributed by atoms with Crippen LogP contribution in [0.3, 0.4) is 0 Å². The second kappa shape index (κ2) is 5.55. The normalized spacial score (nSPS) is 10.9. The van der Waals surface area contributed by atoms with Gasteiger partial charge in [-0.05, 0) is 38.1 Å². The second-order valence-corrected chi connectivity index (χ2v) is 4.88. The summed E-state index contributed by atoms with van der Waals surface area (Å²) in [5.41, 5.74) is 4.44. The summed E-state index contributed by atoms with van der Waals surface area (Å²) < 4.78 is 0. The molecule has 0 radical (unpaired) electrons. The molecule has 0 saturated carbocycles. The molecule has 18 heavy (non-hydrogen) atoms. The topological polar surface area (TPSA) is 40.7 Å². The third kappa shape index (κ3) is 2.74. The average molecular weight is 264 g/mol. The van der Waals surface area contributed by atoms with Gasteiger partial charge in [0.05, 0.1) is 0 Å². The molecule has 0 unspecified atom stereocenters. The first kappa shape index (κ1) is 13.1. The molecule has 0 spiro atoms. The van der Waals surface area contributed by atoms with Crippen molar-refractivity contribution in [3.05, 3.63) is 40.3 Å². The molecule has 1 heterocycles. The number of aryl methyl sites for hydroxylation is 2. The Kier molecular flexibility index (Phi) is 4.04. The number of nitrogens with one attached hydrogen (secondary N) is 2. The minimum Gasteiger partial charge on any atom is -0.332 e. The quantitative estimate of drug-likeness (QED) is 0.890. The van der Waals surface area contributed by atoms with E-state index in [1.54, 1.807) is 0 Å². The molecule has 0 saturated heterocycles. The van der Waals surface area contributed by atoms with E-state index in [2.05, 4.69) is 47.3 Å². The lowest BCUT2D eigenvalue weighted by Gasteiger charge is -2.02. The van der Waals surface area contributed by atoms with Crippen molar-refractivity contribution >= 4 is 11.6 Å². The van der Waals surface area contributed by atoms with E-state index in [0.29, 0.717) is 5.15 Å². The molecule has 0 atom stereocenters. The van der Waals surface area contributed by atoms with Gasteiger partial charge >= 0.3 is 0 Å². The fourth-order valence-electron chi connectivity index (χ4n) is 1.84. The van der Waals surface area contributed by atoms with Crippen molar-refractivity contribution in [1.29, 1.82) is 0 Å². The number of imidazole rings is 1. The maximum absolute atomic E-state index is 6.21. The van der Waals surface area contributed by atoms with E-state index < -0.39 is 0 Å². The highest BCUT2D eigenvalue weighted by Gasteiger charge is 2.10. The maximum atomic E-state index is 6.21. The van der Waals surface area contributed by atoms with Crippen molar-refractivity contribution in [2.75, 3.05) is 13.6 Å². The first-order chi connectivity index (χ1) is 8.61. The lowest BCUT2D eigenvalue weighted by Crippen LogP contribution is -2.11. The van der Waals surface area contributed by atoms with Gasteiger partial charge in [0.15, 0.2) is 0 Å². The van der Waals surface area contributed by atoms with Gasteiger partial charge in [-0.3, -0.25) is 0 Å². The maximum Gasteiger partial charge on any atom is 0.134 e. The predicted molar refractivity (Wildman–Crippen MR) is 76.1 cm³/mol. The van der Waals surface area contributed by atoms with Crippen LogP contribution in [0.5, 0.6) is 0 Å². The molecular formula is C14H18ClN3. The molecule has 3 nitrogen and oxygen atoms in total. The molecule has 0 aliphatic rings. The van der Waals surface area contributed by atoms with E-state index in [1.807, 2.05) is 7.05 Å². The van der Waals surface area contributed by atoms with E-state index >= 15 is 0 Å². The lowest BCUT2D eigenvalue weighted by atomic mass is 10.0. The van der Waals surface area contributed by atoms with Crippen molar-refractivity contribution in [1.82, 2.24) is 15.3 Å². The van der Waals surface area contributed by atoms with Crippen molar-refractivity contribution in [2.45, 2.75) is 20.3 Å². The van der Waals surface area contributed by atoms with Gasteiger partial charge in [0.25, 0.3) is 0 Å². The van der Waals surface area contributed by atoms with E-state index in [1.165, 1.54) is 11.1 Å². The Morgan fingerprint density at radius 2 is 2.06 bits per heavy atom. The Bertz CT molecular complexity index is 546. The first-order valence-electron chi connectivity index (χ1n) is 6.08. The molecule has 2 aromatic rings. The molecular weight excluding hydrogens is 246 g/mol. The lowest BCUT2D eigenvalue weighted by molar-refractivity contribution is 0.764. The highest BCUT2D eigenvalue weighted by molar-refractivity contribution is 6.31. The Morgan fingerprint density at radius 1 is 1.28 bits per heavy atom. The summed E-state index contributed by atoms with van der Waals surface area (Å²) in [6, 6.07) is 6.29. The Labute approximate surface area is 113 Å². The van der Waals surface area contributed by atoms with Gasteiger partial charge in [-0.2, -0.15) is 0 Å². The predicted octanol–water partition coefficient (Wildman–Crippen LogP) is 3.11. The van der Waals surface area contributed by atoms with E-state index in [-0.39, 0.29) is 0 Å². The number of halogens is 1. The highest BCUT2D eigenvalue weighted by atomic mass is 35.5. The molecule has 4 heteroatoms. The SMILES string of the molecule is CNCCc1nc(-c2ccc(C)c(C)c2)c(Cl)[nH]1. The number of aromatic nitrogens is 2. The molecule has 2 rings (SSSR count). The number of hydrogen-bond donors (Lipinski definition) is 2. The van der Waals surface area contributed by atoms with Gasteiger partial charge in [0.1, 0.15) is 16.7 Å². The van der Waals surface area contributed by atoms with E-state index in [4.69, 9.17) is 11.6 Å². The van der Waals surface area contributed by atoms with Gasteiger partial charge in [0, 0.05) is 18.5 Å². The first-order valence-corrected chi connectivity index (χ1v) is 6.46. The van der Waals surface area contributed by atoms with Gasteiger partial charge in [-0.1, -0.05) is 23.7 Å². The van der Waals surface area contributed by atoms with Crippen LogP contribution >= 0.6 is 11.6 Å². The van der Waals surface area contributed by atoms with Crippen LogP contribution in [-0.2, 0) is 6.42 Å². The third-order valence-electron chi connectivity index (χ3n) is 3.10. The molecule has 96 valence electrons. The summed E-state index contributed by atoms with van der Waals surface area (Å²) >= 11 is 6.21. The summed E-state index contributed by atoms with van der Waals surface area (Å²) in [4.78, 5) is 7.69. The number of nitrogens with zero attached hydrogens (tertiary/aromatic N) is 1. The van der Waals surface area contributed by atoms with Crippen LogP contribution in [0.1, 0.15) is 17.0 Å². The monoisotopic (exact) mass is 263 g/mol. The van der Waals surface area contributed by atoms with Crippen LogP contribution in [0.4, 0.5) is 0 Å². The van der Waals surface area contributed by atoms with Crippen LogP contribution in [0.2, 0.25) is 5.15 Å². The number of hydrogen-bond acceptors (Lipinski definition) is 2. The minimum absolute atomic E-state index is 0.615. The van der Waals surface area contributed by atoms with Crippen LogP contribution in [0.25, 0.3) is 11.3 Å². The largest absolute Gasteiger partial charge is 0.332 e. The fourth-order valence-corrected chi connectivity index (χ4v) is 2.10. The highest BCUT2D eigenvalue weighted by Crippen LogP contribution is 2.27. The number of H-pyrrole nitrogens is 1. The summed E-state index contributed by atoms with van der Waals surface area (Å²) in [5, 5.41) is 3.71. The van der Waals surface area contributed by atoms with Crippen molar-refractivity contribution in [3.8, 4) is 11.3 Å². The van der Waals surface area contributed by atoms with E-state index in [0.717, 1.165) is 30.0 Å².